The Balaban J connectivity index is 2.96. The van der Waals surface area contributed by atoms with Gasteiger partial charge in [0.2, 0.25) is 10.0 Å². The number of aromatic carboxylic acids is 1. The van der Waals surface area contributed by atoms with Crippen LogP contribution >= 0.6 is 15.9 Å². The number of carboxylic acids is 1. The maximum absolute atomic E-state index is 12.1. The van der Waals surface area contributed by atoms with Crippen molar-refractivity contribution in [2.24, 2.45) is 0 Å². The summed E-state index contributed by atoms with van der Waals surface area (Å²) in [4.78, 5) is 10.3. The Hall–Kier alpha value is -1.17. The van der Waals surface area contributed by atoms with Crippen molar-refractivity contribution in [1.29, 1.82) is 0 Å². The van der Waals surface area contributed by atoms with Crippen LogP contribution in [0.2, 0.25) is 0 Å². The largest absolute Gasteiger partial charge is 0.478 e. The zero-order valence-corrected chi connectivity index (χ0v) is 12.5. The number of hydrogen-bond acceptors (Lipinski definition) is 4. The molecule has 1 aromatic carbocycles. The van der Waals surface area contributed by atoms with Gasteiger partial charge in [-0.25, -0.2) is 17.9 Å². The average molecular weight is 392 g/mol. The predicted octanol–water partition coefficient (Wildman–Crippen LogP) is 1.35. The van der Waals surface area contributed by atoms with Crippen LogP contribution in [0, 0.1) is 0 Å². The summed E-state index contributed by atoms with van der Waals surface area (Å²) < 4.78 is 61.3. The molecular formula is C10H9BrF3NO5S. The lowest BCUT2D eigenvalue weighted by Crippen LogP contribution is -2.40. The Labute approximate surface area is 125 Å². The van der Waals surface area contributed by atoms with Gasteiger partial charge in [0.15, 0.2) is 6.10 Å². The van der Waals surface area contributed by atoms with Gasteiger partial charge < -0.3 is 10.2 Å². The van der Waals surface area contributed by atoms with Crippen molar-refractivity contribution < 1.29 is 36.6 Å². The van der Waals surface area contributed by atoms with Crippen molar-refractivity contribution in [3.63, 3.8) is 0 Å². The summed E-state index contributed by atoms with van der Waals surface area (Å²) in [5.74, 6) is -1.29. The quantitative estimate of drug-likeness (QED) is 0.702. The van der Waals surface area contributed by atoms with E-state index in [1.54, 1.807) is 4.72 Å². The first kappa shape index (κ1) is 17.9. The van der Waals surface area contributed by atoms with E-state index in [0.29, 0.717) is 0 Å². The van der Waals surface area contributed by atoms with E-state index in [1.807, 2.05) is 0 Å². The summed E-state index contributed by atoms with van der Waals surface area (Å²) >= 11 is 2.83. The van der Waals surface area contributed by atoms with Crippen molar-refractivity contribution in [3.05, 3.63) is 28.2 Å². The van der Waals surface area contributed by atoms with Crippen LogP contribution in [0.5, 0.6) is 0 Å². The molecule has 0 heterocycles. The number of aliphatic hydroxyl groups excluding tert-OH is 1. The Morgan fingerprint density at radius 2 is 1.95 bits per heavy atom. The van der Waals surface area contributed by atoms with Gasteiger partial charge in [-0.05, 0) is 34.1 Å². The van der Waals surface area contributed by atoms with E-state index >= 15 is 0 Å². The van der Waals surface area contributed by atoms with E-state index in [4.69, 9.17) is 10.2 Å². The maximum Gasteiger partial charge on any atom is 0.415 e. The van der Waals surface area contributed by atoms with Crippen molar-refractivity contribution in [1.82, 2.24) is 4.72 Å². The molecule has 1 rings (SSSR count). The third-order valence-corrected chi connectivity index (χ3v) is 4.71. The van der Waals surface area contributed by atoms with Gasteiger partial charge in [0.05, 0.1) is 10.5 Å². The average Bonchev–Trinajstić information content (AvgIpc) is 2.34. The van der Waals surface area contributed by atoms with Gasteiger partial charge in [-0.15, -0.1) is 0 Å². The first-order valence-electron chi connectivity index (χ1n) is 5.22. The Bertz CT molecular complexity index is 647. The Kier molecular flexibility index (Phi) is 5.36. The molecule has 1 unspecified atom stereocenters. The van der Waals surface area contributed by atoms with Crippen molar-refractivity contribution in [3.8, 4) is 0 Å². The molecule has 1 aromatic rings. The highest BCUT2D eigenvalue weighted by atomic mass is 79.9. The second kappa shape index (κ2) is 6.30. The first-order chi connectivity index (χ1) is 9.45. The van der Waals surface area contributed by atoms with E-state index in [2.05, 4.69) is 15.9 Å². The van der Waals surface area contributed by atoms with Gasteiger partial charge in [0.1, 0.15) is 0 Å². The molecule has 0 radical (unpaired) electrons. The monoisotopic (exact) mass is 391 g/mol. The van der Waals surface area contributed by atoms with Gasteiger partial charge in [0.25, 0.3) is 0 Å². The van der Waals surface area contributed by atoms with E-state index < -0.39 is 39.7 Å². The number of halogens is 4. The first-order valence-corrected chi connectivity index (χ1v) is 7.50. The highest BCUT2D eigenvalue weighted by molar-refractivity contribution is 9.10. The molecule has 0 bridgehead atoms. The number of carboxylic acid groups (broad SMARTS) is 1. The van der Waals surface area contributed by atoms with Crippen LogP contribution in [-0.2, 0) is 10.0 Å². The second-order valence-corrected chi connectivity index (χ2v) is 6.45. The van der Waals surface area contributed by atoms with Crippen LogP contribution in [0.3, 0.4) is 0 Å². The standard InChI is InChI=1S/C10H9BrF3NO5S/c11-6-3-5(9(17)18)1-2-7(6)21(19,20)15-4-8(16)10(12,13)14/h1-3,8,15-16H,4H2,(H,17,18). The highest BCUT2D eigenvalue weighted by Crippen LogP contribution is 2.24. The molecule has 21 heavy (non-hydrogen) atoms. The minimum Gasteiger partial charge on any atom is -0.478 e. The van der Waals surface area contributed by atoms with Crippen LogP contribution in [0.1, 0.15) is 10.4 Å². The second-order valence-electron chi connectivity index (χ2n) is 3.86. The molecule has 118 valence electrons. The minimum absolute atomic E-state index is 0.128. The Morgan fingerprint density at radius 3 is 2.38 bits per heavy atom. The fourth-order valence-electron chi connectivity index (χ4n) is 1.23. The number of sulfonamides is 1. The van der Waals surface area contributed by atoms with Gasteiger partial charge in [0, 0.05) is 11.0 Å². The minimum atomic E-state index is -4.95. The zero-order chi connectivity index (χ0) is 16.4. The van der Waals surface area contributed by atoms with Crippen LogP contribution in [0.15, 0.2) is 27.6 Å². The SMILES string of the molecule is O=C(O)c1ccc(S(=O)(=O)NCC(O)C(F)(F)F)c(Br)c1. The van der Waals surface area contributed by atoms with Gasteiger partial charge in [-0.2, -0.15) is 13.2 Å². The smallest absolute Gasteiger partial charge is 0.415 e. The molecule has 0 fully saturated rings. The molecule has 0 aliphatic heterocycles. The van der Waals surface area contributed by atoms with Crippen LogP contribution in [-0.4, -0.2) is 43.4 Å². The summed E-state index contributed by atoms with van der Waals surface area (Å²) in [5, 5.41) is 17.5. The van der Waals surface area contributed by atoms with Crippen LogP contribution in [0.25, 0.3) is 0 Å². The van der Waals surface area contributed by atoms with E-state index in [-0.39, 0.29) is 10.0 Å². The van der Waals surface area contributed by atoms with Gasteiger partial charge in [-0.3, -0.25) is 0 Å². The van der Waals surface area contributed by atoms with E-state index in [9.17, 15) is 26.4 Å². The number of carbonyl (C=O) groups is 1. The maximum atomic E-state index is 12.1. The lowest BCUT2D eigenvalue weighted by Gasteiger charge is -2.15. The van der Waals surface area contributed by atoms with Gasteiger partial charge in [-0.1, -0.05) is 0 Å². The van der Waals surface area contributed by atoms with Crippen LogP contribution in [0.4, 0.5) is 13.2 Å². The lowest BCUT2D eigenvalue weighted by atomic mass is 10.2. The zero-order valence-electron chi connectivity index (χ0n) is 10.1. The molecule has 0 aliphatic rings. The molecule has 0 aliphatic carbocycles. The normalized spacial score (nSPS) is 14.0. The fraction of sp³-hybridized carbons (Fsp3) is 0.300. The molecule has 0 saturated heterocycles. The summed E-state index contributed by atoms with van der Waals surface area (Å²) in [6, 6.07) is 2.91. The third kappa shape index (κ3) is 4.66. The highest BCUT2D eigenvalue weighted by Gasteiger charge is 2.38. The van der Waals surface area contributed by atoms with Gasteiger partial charge >= 0.3 is 12.1 Å². The molecule has 11 heteroatoms. The summed E-state index contributed by atoms with van der Waals surface area (Å²) in [6.07, 6.45) is -7.79. The summed E-state index contributed by atoms with van der Waals surface area (Å²) in [6.45, 7) is -1.25. The molecule has 1 atom stereocenters. The molecule has 0 amide bonds. The number of nitrogens with one attached hydrogen (secondary N) is 1. The number of hydrogen-bond donors (Lipinski definition) is 3. The number of aliphatic hydroxyl groups is 1. The molecule has 0 aromatic heterocycles. The predicted molar refractivity (Wildman–Crippen MR) is 68.4 cm³/mol. The van der Waals surface area contributed by atoms with Crippen molar-refractivity contribution in [2.75, 3.05) is 6.54 Å². The molecule has 3 N–H and O–H groups in total. The third-order valence-electron chi connectivity index (χ3n) is 2.31. The lowest BCUT2D eigenvalue weighted by molar-refractivity contribution is -0.200. The number of rotatable bonds is 5. The number of benzene rings is 1. The fourth-order valence-corrected chi connectivity index (χ4v) is 3.35. The Morgan fingerprint density at radius 1 is 1.38 bits per heavy atom. The molecule has 6 nitrogen and oxygen atoms in total. The topological polar surface area (TPSA) is 104 Å². The summed E-state index contributed by atoms with van der Waals surface area (Å²) in [7, 11) is -4.34. The summed E-state index contributed by atoms with van der Waals surface area (Å²) in [5.41, 5.74) is -0.198. The van der Waals surface area contributed by atoms with Crippen molar-refractivity contribution in [2.45, 2.75) is 17.2 Å². The molecular weight excluding hydrogens is 383 g/mol. The van der Waals surface area contributed by atoms with Crippen molar-refractivity contribution >= 4 is 31.9 Å². The number of alkyl halides is 3. The van der Waals surface area contributed by atoms with E-state index in [1.165, 1.54) is 0 Å². The van der Waals surface area contributed by atoms with Crippen LogP contribution < -0.4 is 4.72 Å². The van der Waals surface area contributed by atoms with E-state index in [0.717, 1.165) is 18.2 Å². The molecule has 0 spiro atoms. The molecule has 0 saturated carbocycles.